The van der Waals surface area contributed by atoms with Crippen LogP contribution in [-0.4, -0.2) is 33.0 Å². The van der Waals surface area contributed by atoms with Gasteiger partial charge in [0.1, 0.15) is 5.82 Å². The first kappa shape index (κ1) is 21.1. The van der Waals surface area contributed by atoms with Crippen LogP contribution in [0.5, 0.6) is 0 Å². The summed E-state index contributed by atoms with van der Waals surface area (Å²) in [5, 5.41) is 10.9. The number of imidazole rings is 1. The first-order chi connectivity index (χ1) is 13.5. The molecule has 0 aliphatic heterocycles. The Balaban J connectivity index is 0.00000205. The first-order valence-electron chi connectivity index (χ1n) is 11.3. The van der Waals surface area contributed by atoms with Crippen molar-refractivity contribution >= 4 is 23.4 Å². The summed E-state index contributed by atoms with van der Waals surface area (Å²) in [6, 6.07) is 8.27. The lowest BCUT2D eigenvalue weighted by Gasteiger charge is -2.56. The minimum absolute atomic E-state index is 0. The molecule has 0 amide bonds. The maximum absolute atomic E-state index is 10.9. The van der Waals surface area contributed by atoms with Gasteiger partial charge in [0.15, 0.2) is 0 Å². The maximum Gasteiger partial charge on any atom is 0.112 e. The number of fused-ring (bicyclic) bond motifs is 1. The minimum atomic E-state index is -0.492. The van der Waals surface area contributed by atoms with Gasteiger partial charge in [-0.3, -0.25) is 0 Å². The van der Waals surface area contributed by atoms with Crippen molar-refractivity contribution in [1.82, 2.24) is 9.55 Å². The summed E-state index contributed by atoms with van der Waals surface area (Å²) in [6.45, 7) is 5.42. The number of nitrogens with zero attached hydrogens (tertiary/aromatic N) is 2. The molecule has 2 atom stereocenters. The predicted octanol–water partition coefficient (Wildman–Crippen LogP) is 5.32. The second-order valence-corrected chi connectivity index (χ2v) is 9.94. The van der Waals surface area contributed by atoms with Gasteiger partial charge in [-0.15, -0.1) is 12.4 Å². The molecule has 0 radical (unpaired) electrons. The molecule has 5 heteroatoms. The van der Waals surface area contributed by atoms with Crippen molar-refractivity contribution in [1.29, 1.82) is 0 Å². The quantitative estimate of drug-likeness (QED) is 0.662. The summed E-state index contributed by atoms with van der Waals surface area (Å²) in [4.78, 5) is 4.86. The Hall–Kier alpha value is -1.10. The van der Waals surface area contributed by atoms with Gasteiger partial charge in [-0.05, 0) is 74.8 Å². The van der Waals surface area contributed by atoms with Crippen LogP contribution in [0, 0.1) is 17.8 Å². The number of hydrogen-bond donors (Lipinski definition) is 1. The molecule has 0 spiro atoms. The van der Waals surface area contributed by atoms with Gasteiger partial charge in [-0.25, -0.2) is 4.98 Å². The van der Waals surface area contributed by atoms with Gasteiger partial charge < -0.3 is 14.4 Å². The molecule has 1 N–H and O–H groups in total. The molecule has 0 saturated heterocycles. The number of aliphatic hydroxyl groups excluding tert-OH is 1. The van der Waals surface area contributed by atoms with E-state index < -0.39 is 6.10 Å². The molecular weight excluding hydrogens is 384 g/mol. The molecule has 2 unspecified atom stereocenters. The lowest BCUT2D eigenvalue weighted by molar-refractivity contribution is -0.175. The van der Waals surface area contributed by atoms with Crippen molar-refractivity contribution < 1.29 is 9.84 Å². The van der Waals surface area contributed by atoms with Gasteiger partial charge in [0, 0.05) is 5.92 Å². The van der Waals surface area contributed by atoms with Crippen LogP contribution < -0.4 is 0 Å². The second-order valence-electron chi connectivity index (χ2n) is 9.94. The number of halogens is 1. The lowest BCUT2D eigenvalue weighted by Crippen LogP contribution is -2.52. The highest BCUT2D eigenvalue weighted by Crippen LogP contribution is 2.57. The third-order valence-corrected chi connectivity index (χ3v) is 7.69. The molecule has 1 aromatic heterocycles. The van der Waals surface area contributed by atoms with Crippen LogP contribution in [0.15, 0.2) is 24.3 Å². The first-order valence-corrected chi connectivity index (χ1v) is 11.3. The maximum atomic E-state index is 10.9. The van der Waals surface area contributed by atoms with Crippen molar-refractivity contribution in [2.24, 2.45) is 17.8 Å². The van der Waals surface area contributed by atoms with Gasteiger partial charge in [0.25, 0.3) is 0 Å². The number of hydrogen-bond acceptors (Lipinski definition) is 3. The SMILES string of the molecule is CCC(C)c1nc2ccccc2n1CC(O)COC12CC3CC(CC(C3)C1)C2.Cl. The largest absolute Gasteiger partial charge is 0.389 e. The normalized spacial score (nSPS) is 32.3. The molecule has 4 nitrogen and oxygen atoms in total. The van der Waals surface area contributed by atoms with E-state index in [2.05, 4.69) is 36.6 Å². The third kappa shape index (κ3) is 3.96. The molecule has 2 aromatic rings. The molecule has 4 saturated carbocycles. The summed E-state index contributed by atoms with van der Waals surface area (Å²) >= 11 is 0. The molecular formula is C24H35ClN2O2. The third-order valence-electron chi connectivity index (χ3n) is 7.69. The van der Waals surface area contributed by atoms with Crippen LogP contribution in [0.2, 0.25) is 0 Å². The number of rotatable bonds is 7. The monoisotopic (exact) mass is 418 g/mol. The molecule has 1 aromatic carbocycles. The molecule has 29 heavy (non-hydrogen) atoms. The van der Waals surface area contributed by atoms with E-state index in [9.17, 15) is 5.11 Å². The summed E-state index contributed by atoms with van der Waals surface area (Å²) in [5.74, 6) is 4.08. The zero-order chi connectivity index (χ0) is 19.3. The highest BCUT2D eigenvalue weighted by molar-refractivity contribution is 5.85. The number of ether oxygens (including phenoxy) is 1. The van der Waals surface area contributed by atoms with Gasteiger partial charge in [0.05, 0.1) is 35.9 Å². The Morgan fingerprint density at radius 2 is 1.76 bits per heavy atom. The van der Waals surface area contributed by atoms with E-state index in [4.69, 9.17) is 9.72 Å². The van der Waals surface area contributed by atoms with Crippen molar-refractivity contribution in [3.63, 3.8) is 0 Å². The Labute approximate surface area is 180 Å². The predicted molar refractivity (Wildman–Crippen MR) is 119 cm³/mol. The smallest absolute Gasteiger partial charge is 0.112 e. The summed E-state index contributed by atoms with van der Waals surface area (Å²) in [7, 11) is 0. The molecule has 4 aliphatic carbocycles. The van der Waals surface area contributed by atoms with Crippen LogP contribution in [0.3, 0.4) is 0 Å². The molecule has 160 valence electrons. The van der Waals surface area contributed by atoms with E-state index in [-0.39, 0.29) is 18.0 Å². The van der Waals surface area contributed by atoms with E-state index in [1.165, 1.54) is 38.5 Å². The minimum Gasteiger partial charge on any atom is -0.389 e. The molecule has 4 aliphatic rings. The molecule has 6 rings (SSSR count). The standard InChI is InChI=1S/C24H34N2O2.ClH/c1-3-16(2)23-25-21-6-4-5-7-22(21)26(23)14-20(27)15-28-24-11-17-8-18(12-24)10-19(9-17)13-24;/h4-7,16-20,27H,3,8-15H2,1-2H3;1H. The fraction of sp³-hybridized carbons (Fsp3) is 0.708. The van der Waals surface area contributed by atoms with Crippen LogP contribution in [0.1, 0.15) is 70.5 Å². The second kappa shape index (κ2) is 8.20. The van der Waals surface area contributed by atoms with Crippen LogP contribution >= 0.6 is 12.4 Å². The van der Waals surface area contributed by atoms with E-state index in [0.29, 0.717) is 19.1 Å². The Bertz CT molecular complexity index is 813. The molecule has 1 heterocycles. The highest BCUT2D eigenvalue weighted by atomic mass is 35.5. The number of benzene rings is 1. The van der Waals surface area contributed by atoms with Crippen LogP contribution in [-0.2, 0) is 11.3 Å². The molecule has 4 fully saturated rings. The zero-order valence-corrected chi connectivity index (χ0v) is 18.5. The van der Waals surface area contributed by atoms with E-state index in [1.54, 1.807) is 0 Å². The average molecular weight is 419 g/mol. The number of aliphatic hydroxyl groups is 1. The summed E-state index contributed by atoms with van der Waals surface area (Å²) in [6.07, 6.45) is 8.48. The van der Waals surface area contributed by atoms with Crippen molar-refractivity contribution in [2.75, 3.05) is 6.61 Å². The average Bonchev–Trinajstić information content (AvgIpc) is 3.03. The van der Waals surface area contributed by atoms with Gasteiger partial charge in [-0.2, -0.15) is 0 Å². The Kier molecular flexibility index (Phi) is 5.98. The Morgan fingerprint density at radius 3 is 2.38 bits per heavy atom. The molecule has 4 bridgehead atoms. The van der Waals surface area contributed by atoms with E-state index >= 15 is 0 Å². The van der Waals surface area contributed by atoms with E-state index in [0.717, 1.165) is 41.0 Å². The fourth-order valence-corrected chi connectivity index (χ4v) is 6.59. The summed E-state index contributed by atoms with van der Waals surface area (Å²) < 4.78 is 8.73. The number of aromatic nitrogens is 2. The van der Waals surface area contributed by atoms with Crippen molar-refractivity contribution in [3.8, 4) is 0 Å². The zero-order valence-electron chi connectivity index (χ0n) is 17.7. The van der Waals surface area contributed by atoms with Gasteiger partial charge >= 0.3 is 0 Å². The summed E-state index contributed by atoms with van der Waals surface area (Å²) in [5.41, 5.74) is 2.20. The van der Waals surface area contributed by atoms with Gasteiger partial charge in [-0.1, -0.05) is 26.0 Å². The van der Waals surface area contributed by atoms with Crippen molar-refractivity contribution in [3.05, 3.63) is 30.1 Å². The van der Waals surface area contributed by atoms with Crippen molar-refractivity contribution in [2.45, 2.75) is 83.0 Å². The van der Waals surface area contributed by atoms with Gasteiger partial charge in [0.2, 0.25) is 0 Å². The topological polar surface area (TPSA) is 47.3 Å². The number of para-hydroxylation sites is 2. The van der Waals surface area contributed by atoms with Crippen LogP contribution in [0.25, 0.3) is 11.0 Å². The highest BCUT2D eigenvalue weighted by Gasteiger charge is 2.51. The van der Waals surface area contributed by atoms with Crippen LogP contribution in [0.4, 0.5) is 0 Å². The van der Waals surface area contributed by atoms with E-state index in [1.807, 2.05) is 6.07 Å². The Morgan fingerprint density at radius 1 is 1.14 bits per heavy atom. The lowest BCUT2D eigenvalue weighted by atomic mass is 9.54. The fourth-order valence-electron chi connectivity index (χ4n) is 6.59.